The van der Waals surface area contributed by atoms with Crippen LogP contribution in [0.3, 0.4) is 0 Å². The fourth-order valence-corrected chi connectivity index (χ4v) is 1.24. The Bertz CT molecular complexity index is 470. The van der Waals surface area contributed by atoms with Crippen LogP contribution in [0.25, 0.3) is 5.65 Å². The van der Waals surface area contributed by atoms with E-state index in [0.717, 1.165) is 18.5 Å². The van der Waals surface area contributed by atoms with Crippen LogP contribution in [0.1, 0.15) is 19.0 Å². The summed E-state index contributed by atoms with van der Waals surface area (Å²) in [6, 6.07) is 1.82. The van der Waals surface area contributed by atoms with E-state index in [-0.39, 0.29) is 5.69 Å². The van der Waals surface area contributed by atoms with Gasteiger partial charge in [0.15, 0.2) is 5.65 Å². The molecule has 0 amide bonds. The summed E-state index contributed by atoms with van der Waals surface area (Å²) in [4.78, 5) is 15.2. The molecule has 0 radical (unpaired) electrons. The van der Waals surface area contributed by atoms with Crippen molar-refractivity contribution >= 4 is 5.65 Å². The van der Waals surface area contributed by atoms with Crippen molar-refractivity contribution in [3.8, 4) is 0 Å². The van der Waals surface area contributed by atoms with E-state index in [2.05, 4.69) is 22.1 Å². The van der Waals surface area contributed by atoms with Gasteiger partial charge in [0.2, 0.25) is 0 Å². The lowest BCUT2D eigenvalue weighted by atomic mass is 10.2. The van der Waals surface area contributed by atoms with Gasteiger partial charge in [0.05, 0.1) is 0 Å². The molecule has 0 saturated heterocycles. The van der Waals surface area contributed by atoms with E-state index < -0.39 is 0 Å². The minimum absolute atomic E-state index is 0.245. The monoisotopic (exact) mass is 178 g/mol. The summed E-state index contributed by atoms with van der Waals surface area (Å²) in [5.41, 5.74) is 1.35. The maximum absolute atomic E-state index is 11.1. The van der Waals surface area contributed by atoms with E-state index in [1.165, 1.54) is 10.7 Å². The zero-order valence-corrected chi connectivity index (χ0v) is 7.32. The molecule has 68 valence electrons. The molecule has 0 spiro atoms. The molecule has 0 saturated carbocycles. The Morgan fingerprint density at radius 3 is 3.23 bits per heavy atom. The van der Waals surface area contributed by atoms with Gasteiger partial charge in [0, 0.05) is 11.8 Å². The van der Waals surface area contributed by atoms with Crippen molar-refractivity contribution in [1.29, 1.82) is 0 Å². The maximum atomic E-state index is 11.1. The van der Waals surface area contributed by atoms with Gasteiger partial charge in [0.1, 0.15) is 6.33 Å². The molecule has 0 aliphatic carbocycles. The highest BCUT2D eigenvalue weighted by molar-refractivity contribution is 5.36. The quantitative estimate of drug-likeness (QED) is 0.722. The molecule has 0 fully saturated rings. The third-order valence-corrected chi connectivity index (χ3v) is 1.87. The minimum atomic E-state index is -0.245. The highest BCUT2D eigenvalue weighted by Crippen LogP contribution is 2.00. The maximum Gasteiger partial charge on any atom is 0.348 e. The minimum Gasteiger partial charge on any atom is -0.246 e. The van der Waals surface area contributed by atoms with E-state index in [4.69, 9.17) is 0 Å². The second kappa shape index (κ2) is 3.01. The van der Waals surface area contributed by atoms with Crippen molar-refractivity contribution in [3.05, 3.63) is 28.6 Å². The predicted molar refractivity (Wildman–Crippen MR) is 47.6 cm³/mol. The number of hydrogen-bond acceptors (Lipinski definition) is 3. The second-order valence-corrected chi connectivity index (χ2v) is 2.89. The summed E-state index contributed by atoms with van der Waals surface area (Å²) < 4.78 is 1.39. The third kappa shape index (κ3) is 1.32. The lowest BCUT2D eigenvalue weighted by molar-refractivity contribution is 0.864. The summed E-state index contributed by atoms with van der Waals surface area (Å²) in [7, 11) is 0. The molecular formula is C8H10N4O. The lowest BCUT2D eigenvalue weighted by Crippen LogP contribution is -2.09. The van der Waals surface area contributed by atoms with Gasteiger partial charge in [-0.05, 0) is 6.42 Å². The number of nitrogens with zero attached hydrogens (tertiary/aromatic N) is 3. The second-order valence-electron chi connectivity index (χ2n) is 2.89. The molecule has 2 rings (SSSR count). The first-order chi connectivity index (χ1) is 6.31. The fraction of sp³-hybridized carbons (Fsp3) is 0.375. The zero-order chi connectivity index (χ0) is 9.26. The van der Waals surface area contributed by atoms with Gasteiger partial charge in [-0.2, -0.15) is 5.10 Å². The number of nitrogens with one attached hydrogen (secondary N) is 1. The normalized spacial score (nSPS) is 10.8. The number of aromatic amines is 1. The van der Waals surface area contributed by atoms with Crippen molar-refractivity contribution in [2.24, 2.45) is 0 Å². The highest BCUT2D eigenvalue weighted by Gasteiger charge is 2.00. The SMILES string of the molecule is CCCc1cc2n[nH]c(=O)n2cn1. The lowest BCUT2D eigenvalue weighted by Gasteiger charge is -1.96. The third-order valence-electron chi connectivity index (χ3n) is 1.87. The number of H-pyrrole nitrogens is 1. The smallest absolute Gasteiger partial charge is 0.246 e. The zero-order valence-electron chi connectivity index (χ0n) is 7.32. The van der Waals surface area contributed by atoms with Gasteiger partial charge in [-0.3, -0.25) is 0 Å². The Morgan fingerprint density at radius 1 is 1.62 bits per heavy atom. The van der Waals surface area contributed by atoms with Crippen molar-refractivity contribution in [1.82, 2.24) is 19.6 Å². The van der Waals surface area contributed by atoms with Gasteiger partial charge in [-0.15, -0.1) is 0 Å². The van der Waals surface area contributed by atoms with Gasteiger partial charge < -0.3 is 0 Å². The largest absolute Gasteiger partial charge is 0.348 e. The van der Waals surface area contributed by atoms with Crippen LogP contribution in [0.15, 0.2) is 17.2 Å². The molecule has 0 aliphatic heterocycles. The van der Waals surface area contributed by atoms with Crippen LogP contribution in [0.2, 0.25) is 0 Å². The summed E-state index contributed by atoms with van der Waals surface area (Å²) in [5, 5.41) is 6.21. The number of fused-ring (bicyclic) bond motifs is 1. The molecule has 0 aromatic carbocycles. The van der Waals surface area contributed by atoms with E-state index in [1.54, 1.807) is 0 Å². The number of aromatic nitrogens is 4. The molecule has 1 N–H and O–H groups in total. The number of hydrogen-bond donors (Lipinski definition) is 1. The molecule has 5 nitrogen and oxygen atoms in total. The van der Waals surface area contributed by atoms with Gasteiger partial charge in [0.25, 0.3) is 0 Å². The van der Waals surface area contributed by atoms with Crippen LogP contribution in [-0.4, -0.2) is 19.6 Å². The Balaban J connectivity index is 2.57. The van der Waals surface area contributed by atoms with Crippen LogP contribution in [0.4, 0.5) is 0 Å². The summed E-state index contributed by atoms with van der Waals surface area (Å²) in [6.45, 7) is 2.09. The molecular weight excluding hydrogens is 168 g/mol. The van der Waals surface area contributed by atoms with E-state index in [1.807, 2.05) is 6.07 Å². The Kier molecular flexibility index (Phi) is 1.84. The Hall–Kier alpha value is -1.65. The Morgan fingerprint density at radius 2 is 2.46 bits per heavy atom. The fourth-order valence-electron chi connectivity index (χ4n) is 1.24. The molecule has 0 bridgehead atoms. The molecule has 0 atom stereocenters. The van der Waals surface area contributed by atoms with Crippen LogP contribution < -0.4 is 5.69 Å². The number of aryl methyl sites for hydroxylation is 1. The molecule has 0 aliphatic rings. The standard InChI is InChI=1S/C8H10N4O/c1-2-3-6-4-7-10-11-8(13)12(7)5-9-6/h4-5H,2-3H2,1H3,(H,11,13). The van der Waals surface area contributed by atoms with Crippen LogP contribution in [0, 0.1) is 0 Å². The van der Waals surface area contributed by atoms with Crippen LogP contribution >= 0.6 is 0 Å². The van der Waals surface area contributed by atoms with Gasteiger partial charge in [-0.1, -0.05) is 13.3 Å². The van der Waals surface area contributed by atoms with Crippen LogP contribution in [0.5, 0.6) is 0 Å². The van der Waals surface area contributed by atoms with Crippen molar-refractivity contribution < 1.29 is 0 Å². The average molecular weight is 178 g/mol. The molecule has 13 heavy (non-hydrogen) atoms. The summed E-state index contributed by atoms with van der Waals surface area (Å²) in [5.74, 6) is 0. The van der Waals surface area contributed by atoms with Gasteiger partial charge in [-0.25, -0.2) is 19.3 Å². The van der Waals surface area contributed by atoms with E-state index in [0.29, 0.717) is 5.65 Å². The van der Waals surface area contributed by atoms with Gasteiger partial charge >= 0.3 is 5.69 Å². The van der Waals surface area contributed by atoms with E-state index >= 15 is 0 Å². The van der Waals surface area contributed by atoms with Crippen molar-refractivity contribution in [3.63, 3.8) is 0 Å². The first kappa shape index (κ1) is 7.97. The molecule has 2 aromatic heterocycles. The first-order valence-corrected chi connectivity index (χ1v) is 4.23. The van der Waals surface area contributed by atoms with Crippen LogP contribution in [-0.2, 0) is 6.42 Å². The van der Waals surface area contributed by atoms with Crippen molar-refractivity contribution in [2.75, 3.05) is 0 Å². The molecule has 2 aromatic rings. The van der Waals surface area contributed by atoms with Crippen molar-refractivity contribution in [2.45, 2.75) is 19.8 Å². The molecule has 5 heteroatoms. The van der Waals surface area contributed by atoms with E-state index in [9.17, 15) is 4.79 Å². The first-order valence-electron chi connectivity index (χ1n) is 4.23. The molecule has 2 heterocycles. The summed E-state index contributed by atoms with van der Waals surface area (Å²) >= 11 is 0. The molecule has 0 unspecified atom stereocenters. The topological polar surface area (TPSA) is 63.0 Å². The predicted octanol–water partition coefficient (Wildman–Crippen LogP) is 0.370. The highest BCUT2D eigenvalue weighted by atomic mass is 16.1. The number of rotatable bonds is 2. The summed E-state index contributed by atoms with van der Waals surface area (Å²) in [6.07, 6.45) is 3.46. The average Bonchev–Trinajstić information content (AvgIpc) is 2.48. The Labute approximate surface area is 74.4 Å².